The standard InChI is InChI=1S/C21H21FN4O2/c1-24(2)10-5-11-25(3)17-7-4-6-15-18(17)21(28)26-16-9-8-13(22)12-14(16)19(27)20(26)23-15/h4,6-9,12H,5,10-11H2,1-3H3. The molecule has 144 valence electrons. The van der Waals surface area contributed by atoms with Crippen LogP contribution in [0.5, 0.6) is 0 Å². The molecule has 0 spiro atoms. The molecule has 0 amide bonds. The maximum absolute atomic E-state index is 13.6. The Morgan fingerprint density at radius 2 is 1.86 bits per heavy atom. The van der Waals surface area contributed by atoms with Crippen LogP contribution in [-0.4, -0.2) is 54.5 Å². The minimum absolute atomic E-state index is 0.0329. The quantitative estimate of drug-likeness (QED) is 0.532. The average molecular weight is 380 g/mol. The van der Waals surface area contributed by atoms with Gasteiger partial charge in [0.05, 0.1) is 27.8 Å². The summed E-state index contributed by atoms with van der Waals surface area (Å²) in [6.07, 6.45) is 0.945. The molecule has 0 fully saturated rings. The Labute approximate surface area is 161 Å². The van der Waals surface area contributed by atoms with Gasteiger partial charge in [-0.25, -0.2) is 9.37 Å². The highest BCUT2D eigenvalue weighted by Crippen LogP contribution is 2.29. The topological polar surface area (TPSA) is 58.4 Å². The number of nitrogens with zero attached hydrogens (tertiary/aromatic N) is 4. The molecular formula is C21H21FN4O2. The Morgan fingerprint density at radius 1 is 1.07 bits per heavy atom. The van der Waals surface area contributed by atoms with E-state index in [0.717, 1.165) is 31.3 Å². The van der Waals surface area contributed by atoms with Crippen molar-refractivity contribution in [2.75, 3.05) is 39.1 Å². The first-order valence-electron chi connectivity index (χ1n) is 9.15. The zero-order chi connectivity index (χ0) is 20.0. The Balaban J connectivity index is 1.87. The molecular weight excluding hydrogens is 359 g/mol. The highest BCUT2D eigenvalue weighted by molar-refractivity contribution is 6.13. The van der Waals surface area contributed by atoms with Crippen LogP contribution in [0.4, 0.5) is 10.1 Å². The van der Waals surface area contributed by atoms with E-state index in [2.05, 4.69) is 9.88 Å². The molecule has 0 saturated carbocycles. The second-order valence-corrected chi connectivity index (χ2v) is 7.32. The zero-order valence-electron chi connectivity index (χ0n) is 16.1. The lowest BCUT2D eigenvalue weighted by molar-refractivity contribution is 0.103. The van der Waals surface area contributed by atoms with Crippen LogP contribution in [-0.2, 0) is 0 Å². The van der Waals surface area contributed by atoms with E-state index in [9.17, 15) is 14.0 Å². The Bertz CT molecular complexity index is 1150. The molecule has 1 aromatic heterocycles. The third-order valence-electron chi connectivity index (χ3n) is 5.03. The van der Waals surface area contributed by atoms with E-state index in [1.807, 2.05) is 38.2 Å². The second kappa shape index (κ2) is 6.83. The lowest BCUT2D eigenvalue weighted by Gasteiger charge is -2.22. The molecule has 7 heteroatoms. The summed E-state index contributed by atoms with van der Waals surface area (Å²) in [7, 11) is 5.99. The fourth-order valence-electron chi connectivity index (χ4n) is 3.66. The number of ketones is 1. The van der Waals surface area contributed by atoms with Crippen molar-refractivity contribution in [1.29, 1.82) is 0 Å². The van der Waals surface area contributed by atoms with E-state index in [4.69, 9.17) is 0 Å². The van der Waals surface area contributed by atoms with Gasteiger partial charge in [-0.1, -0.05) is 6.07 Å². The van der Waals surface area contributed by atoms with Crippen LogP contribution in [0.3, 0.4) is 0 Å². The molecule has 28 heavy (non-hydrogen) atoms. The van der Waals surface area contributed by atoms with Crippen LogP contribution in [0.15, 0.2) is 41.2 Å². The first-order chi connectivity index (χ1) is 13.4. The van der Waals surface area contributed by atoms with Crippen LogP contribution >= 0.6 is 0 Å². The highest BCUT2D eigenvalue weighted by atomic mass is 19.1. The van der Waals surface area contributed by atoms with Gasteiger partial charge in [0.15, 0.2) is 5.82 Å². The monoisotopic (exact) mass is 380 g/mol. The second-order valence-electron chi connectivity index (χ2n) is 7.32. The third-order valence-corrected chi connectivity index (χ3v) is 5.03. The molecule has 0 aliphatic carbocycles. The van der Waals surface area contributed by atoms with Crippen LogP contribution in [0.2, 0.25) is 0 Å². The van der Waals surface area contributed by atoms with Gasteiger partial charge >= 0.3 is 0 Å². The van der Waals surface area contributed by atoms with Gasteiger partial charge in [0.25, 0.3) is 5.56 Å². The number of benzene rings is 2. The summed E-state index contributed by atoms with van der Waals surface area (Å²) in [4.78, 5) is 34.6. The lowest BCUT2D eigenvalue weighted by atomic mass is 10.1. The smallest absolute Gasteiger partial charge is 0.268 e. The summed E-state index contributed by atoms with van der Waals surface area (Å²) in [5.74, 6) is -0.914. The van der Waals surface area contributed by atoms with Crippen LogP contribution in [0.1, 0.15) is 22.6 Å². The Morgan fingerprint density at radius 3 is 2.61 bits per heavy atom. The summed E-state index contributed by atoms with van der Waals surface area (Å²) in [6, 6.07) is 9.30. The fourth-order valence-corrected chi connectivity index (χ4v) is 3.66. The fraction of sp³-hybridized carbons (Fsp3) is 0.286. The molecule has 2 aromatic carbocycles. The van der Waals surface area contributed by atoms with Gasteiger partial charge in [0.2, 0.25) is 5.78 Å². The number of aromatic nitrogens is 2. The molecule has 4 rings (SSSR count). The largest absolute Gasteiger partial charge is 0.374 e. The van der Waals surface area contributed by atoms with Gasteiger partial charge in [0, 0.05) is 13.6 Å². The summed E-state index contributed by atoms with van der Waals surface area (Å²) in [6.45, 7) is 1.72. The molecule has 1 aliphatic heterocycles. The molecule has 1 aliphatic rings. The van der Waals surface area contributed by atoms with Crippen molar-refractivity contribution in [3.05, 3.63) is 64.0 Å². The molecule has 0 atom stereocenters. The normalized spacial score (nSPS) is 12.5. The molecule has 0 unspecified atom stereocenters. The summed E-state index contributed by atoms with van der Waals surface area (Å²) in [5.41, 5.74) is 1.47. The Kier molecular flexibility index (Phi) is 4.47. The number of anilines is 1. The summed E-state index contributed by atoms with van der Waals surface area (Å²) >= 11 is 0. The van der Waals surface area contributed by atoms with Crippen molar-refractivity contribution < 1.29 is 9.18 Å². The maximum atomic E-state index is 13.6. The minimum Gasteiger partial charge on any atom is -0.374 e. The van der Waals surface area contributed by atoms with Crippen LogP contribution in [0.25, 0.3) is 16.6 Å². The summed E-state index contributed by atoms with van der Waals surface area (Å²) < 4.78 is 14.9. The molecule has 0 saturated heterocycles. The average Bonchev–Trinajstić information content (AvgIpc) is 2.93. The van der Waals surface area contributed by atoms with E-state index in [1.54, 1.807) is 6.07 Å². The van der Waals surface area contributed by atoms with E-state index in [1.165, 1.54) is 16.7 Å². The van der Waals surface area contributed by atoms with Gasteiger partial charge in [-0.3, -0.25) is 14.2 Å². The molecule has 0 bridgehead atoms. The Hall–Kier alpha value is -3.06. The minimum atomic E-state index is -0.515. The first kappa shape index (κ1) is 18.3. The number of hydrogen-bond donors (Lipinski definition) is 0. The number of carbonyl (C=O) groups excluding carboxylic acids is 1. The number of halogens is 1. The van der Waals surface area contributed by atoms with Crippen molar-refractivity contribution in [1.82, 2.24) is 14.5 Å². The predicted octanol–water partition coefficient (Wildman–Crippen LogP) is 2.46. The molecule has 3 aromatic rings. The van der Waals surface area contributed by atoms with Gasteiger partial charge in [-0.2, -0.15) is 0 Å². The number of hydrogen-bond acceptors (Lipinski definition) is 5. The van der Waals surface area contributed by atoms with Crippen molar-refractivity contribution in [3.8, 4) is 5.69 Å². The first-order valence-corrected chi connectivity index (χ1v) is 9.15. The zero-order valence-corrected chi connectivity index (χ0v) is 16.1. The van der Waals surface area contributed by atoms with Gasteiger partial charge in [-0.05, 0) is 57.4 Å². The highest BCUT2D eigenvalue weighted by Gasteiger charge is 2.31. The molecule has 6 nitrogen and oxygen atoms in total. The van der Waals surface area contributed by atoms with E-state index >= 15 is 0 Å². The molecule has 0 N–H and O–H groups in total. The SMILES string of the molecule is CN(C)CCCN(C)c1cccc2nc3n(c(=O)c12)-c1ccc(F)cc1C3=O. The van der Waals surface area contributed by atoms with Crippen LogP contribution in [0, 0.1) is 5.82 Å². The number of fused-ring (bicyclic) bond motifs is 4. The summed E-state index contributed by atoms with van der Waals surface area (Å²) in [5, 5.41) is 0.462. The molecule has 0 radical (unpaired) electrons. The van der Waals surface area contributed by atoms with Crippen molar-refractivity contribution in [3.63, 3.8) is 0 Å². The van der Waals surface area contributed by atoms with E-state index < -0.39 is 11.6 Å². The van der Waals surface area contributed by atoms with Crippen molar-refractivity contribution in [2.45, 2.75) is 6.42 Å². The third kappa shape index (κ3) is 2.88. The van der Waals surface area contributed by atoms with E-state index in [0.29, 0.717) is 16.6 Å². The van der Waals surface area contributed by atoms with Gasteiger partial charge in [-0.15, -0.1) is 0 Å². The van der Waals surface area contributed by atoms with Crippen LogP contribution < -0.4 is 10.5 Å². The number of rotatable bonds is 5. The predicted molar refractivity (Wildman–Crippen MR) is 107 cm³/mol. The maximum Gasteiger partial charge on any atom is 0.268 e. The van der Waals surface area contributed by atoms with Gasteiger partial charge < -0.3 is 9.80 Å². The van der Waals surface area contributed by atoms with Gasteiger partial charge in [0.1, 0.15) is 5.82 Å². The van der Waals surface area contributed by atoms with E-state index in [-0.39, 0.29) is 16.9 Å². The van der Waals surface area contributed by atoms with Crippen molar-refractivity contribution in [2.24, 2.45) is 0 Å². The molecule has 2 heterocycles. The number of carbonyl (C=O) groups is 1. The van der Waals surface area contributed by atoms with Crippen molar-refractivity contribution >= 4 is 22.4 Å². The lowest BCUT2D eigenvalue weighted by Crippen LogP contribution is -2.27.